The number of ether oxygens (including phenoxy) is 2. The van der Waals surface area contributed by atoms with Gasteiger partial charge in [0.05, 0.1) is 23.3 Å². The summed E-state index contributed by atoms with van der Waals surface area (Å²) in [5.41, 5.74) is 3.93. The molecule has 0 radical (unpaired) electrons. The van der Waals surface area contributed by atoms with Gasteiger partial charge in [0.1, 0.15) is 11.6 Å². The van der Waals surface area contributed by atoms with Crippen molar-refractivity contribution in [2.45, 2.75) is 51.6 Å². The van der Waals surface area contributed by atoms with E-state index in [1.807, 2.05) is 31.2 Å². The molecule has 0 aromatic heterocycles. The van der Waals surface area contributed by atoms with Crippen molar-refractivity contribution in [2.24, 2.45) is 0 Å². The highest BCUT2D eigenvalue weighted by molar-refractivity contribution is 9.10. The summed E-state index contributed by atoms with van der Waals surface area (Å²) in [6.07, 6.45) is 0.552. The Labute approximate surface area is 207 Å². The first kappa shape index (κ1) is 24.2. The average molecular weight is 528 g/mol. The third kappa shape index (κ3) is 4.53. The highest BCUT2D eigenvalue weighted by Crippen LogP contribution is 2.47. The molecule has 0 saturated carbocycles. The van der Waals surface area contributed by atoms with E-state index in [4.69, 9.17) is 9.47 Å². The molecule has 1 aliphatic carbocycles. The Kier molecular flexibility index (Phi) is 6.94. The number of benzene rings is 2. The summed E-state index contributed by atoms with van der Waals surface area (Å²) in [5, 5.41) is 3.33. The van der Waals surface area contributed by atoms with Gasteiger partial charge in [0.25, 0.3) is 0 Å². The summed E-state index contributed by atoms with van der Waals surface area (Å²) in [7, 11) is 1.62. The Bertz CT molecular complexity index is 1220. The number of allylic oxidation sites excluding steroid dienone is 3. The van der Waals surface area contributed by atoms with Crippen LogP contribution in [0.1, 0.15) is 56.6 Å². The van der Waals surface area contributed by atoms with Crippen LogP contribution >= 0.6 is 15.9 Å². The number of hydrogen-bond donors (Lipinski definition) is 1. The molecular weight excluding hydrogens is 501 g/mol. The number of Topliss-reactive ketones (excluding diaryl/α,β-unsaturated/α-hetero) is 1. The van der Waals surface area contributed by atoms with E-state index in [0.29, 0.717) is 28.8 Å². The van der Waals surface area contributed by atoms with E-state index in [1.54, 1.807) is 33.1 Å². The zero-order valence-electron chi connectivity index (χ0n) is 19.6. The quantitative estimate of drug-likeness (QED) is 0.489. The number of methoxy groups -OCH3 is 1. The minimum absolute atomic E-state index is 0.0579. The Balaban J connectivity index is 1.82. The van der Waals surface area contributed by atoms with Crippen molar-refractivity contribution in [3.8, 4) is 5.75 Å². The summed E-state index contributed by atoms with van der Waals surface area (Å²) in [6.45, 7) is 5.37. The minimum Gasteiger partial charge on any atom is -0.496 e. The molecule has 178 valence electrons. The van der Waals surface area contributed by atoms with E-state index in [9.17, 15) is 14.0 Å². The molecule has 1 heterocycles. The number of nitrogens with one attached hydrogen (secondary N) is 1. The smallest absolute Gasteiger partial charge is 0.337 e. The van der Waals surface area contributed by atoms with E-state index >= 15 is 0 Å². The van der Waals surface area contributed by atoms with Gasteiger partial charge in [0.15, 0.2) is 5.78 Å². The lowest BCUT2D eigenvalue weighted by Crippen LogP contribution is -2.36. The first-order valence-electron chi connectivity index (χ1n) is 11.2. The van der Waals surface area contributed by atoms with Crippen LogP contribution in [-0.4, -0.2) is 25.0 Å². The molecule has 1 N–H and O–H groups in total. The van der Waals surface area contributed by atoms with Crippen molar-refractivity contribution < 1.29 is 23.5 Å². The van der Waals surface area contributed by atoms with Gasteiger partial charge >= 0.3 is 5.97 Å². The second kappa shape index (κ2) is 9.74. The monoisotopic (exact) mass is 527 g/mol. The minimum atomic E-state index is -0.648. The van der Waals surface area contributed by atoms with Crippen molar-refractivity contribution >= 4 is 27.7 Å². The molecule has 0 unspecified atom stereocenters. The van der Waals surface area contributed by atoms with Crippen molar-refractivity contribution in [2.75, 3.05) is 7.11 Å². The predicted molar refractivity (Wildman–Crippen MR) is 131 cm³/mol. The number of carbonyl (C=O) groups is 2. The number of halogens is 2. The number of dihydropyridines is 1. The Morgan fingerprint density at radius 3 is 2.59 bits per heavy atom. The number of esters is 1. The van der Waals surface area contributed by atoms with Crippen LogP contribution in [0, 0.1) is 5.82 Å². The highest BCUT2D eigenvalue weighted by Gasteiger charge is 2.42. The van der Waals surface area contributed by atoms with E-state index in [2.05, 4.69) is 21.2 Å². The number of rotatable bonds is 5. The average Bonchev–Trinajstić information content (AvgIpc) is 2.79. The van der Waals surface area contributed by atoms with Gasteiger partial charge in [-0.1, -0.05) is 24.3 Å². The second-order valence-corrected chi connectivity index (χ2v) is 9.74. The van der Waals surface area contributed by atoms with Crippen LogP contribution in [0.2, 0.25) is 0 Å². The van der Waals surface area contributed by atoms with Gasteiger partial charge in [0, 0.05) is 35.2 Å². The number of ketones is 1. The SMILES string of the molecule is COc1ccccc1[C@@H]1CC(=O)C2=C(C1)NC(C)=C(C(=O)OC(C)C)[C@H]2c1ccc(F)c(Br)c1. The maximum absolute atomic E-state index is 14.0. The van der Waals surface area contributed by atoms with Gasteiger partial charge in [-0.15, -0.1) is 0 Å². The number of para-hydroxylation sites is 1. The topological polar surface area (TPSA) is 64.6 Å². The molecule has 34 heavy (non-hydrogen) atoms. The summed E-state index contributed by atoms with van der Waals surface area (Å²) < 4.78 is 25.4. The van der Waals surface area contributed by atoms with Crippen LogP contribution in [0.4, 0.5) is 4.39 Å². The van der Waals surface area contributed by atoms with Gasteiger partial charge in [-0.2, -0.15) is 0 Å². The van der Waals surface area contributed by atoms with Gasteiger partial charge in [-0.25, -0.2) is 9.18 Å². The first-order valence-corrected chi connectivity index (χ1v) is 12.0. The summed E-state index contributed by atoms with van der Waals surface area (Å²) >= 11 is 3.25. The Morgan fingerprint density at radius 1 is 1.18 bits per heavy atom. The molecule has 4 rings (SSSR count). The standard InChI is InChI=1S/C27H27BrFNO4/c1-14(2)34-27(32)24-15(3)30-21-12-17(18-7-5-6-8-23(18)33-4)13-22(31)26(21)25(24)16-9-10-20(29)19(28)11-16/h5-11,14,17,25,30H,12-13H2,1-4H3/t17-,25+/m0/s1. The molecule has 5 nitrogen and oxygen atoms in total. The van der Waals surface area contributed by atoms with Crippen LogP contribution < -0.4 is 10.1 Å². The van der Waals surface area contributed by atoms with Crippen LogP contribution in [0.3, 0.4) is 0 Å². The molecule has 2 aromatic carbocycles. The molecular formula is C27H27BrFNO4. The molecule has 7 heteroatoms. The first-order chi connectivity index (χ1) is 16.2. The van der Waals surface area contributed by atoms with Crippen LogP contribution in [0.25, 0.3) is 0 Å². The van der Waals surface area contributed by atoms with E-state index < -0.39 is 17.7 Å². The van der Waals surface area contributed by atoms with E-state index in [1.165, 1.54) is 6.07 Å². The fourth-order valence-electron chi connectivity index (χ4n) is 4.84. The van der Waals surface area contributed by atoms with Gasteiger partial charge in [-0.3, -0.25) is 4.79 Å². The molecule has 2 aliphatic rings. The molecule has 1 aliphatic heterocycles. The van der Waals surface area contributed by atoms with Crippen molar-refractivity contribution in [3.63, 3.8) is 0 Å². The molecule has 0 saturated heterocycles. The lowest BCUT2D eigenvalue weighted by molar-refractivity contribution is -0.143. The fourth-order valence-corrected chi connectivity index (χ4v) is 5.23. The molecule has 2 atom stereocenters. The molecule has 2 aromatic rings. The van der Waals surface area contributed by atoms with E-state index in [-0.39, 0.29) is 28.7 Å². The summed E-state index contributed by atoms with van der Waals surface area (Å²) in [5.74, 6) is -0.926. The third-order valence-corrected chi connectivity index (χ3v) is 6.85. The molecule has 0 spiro atoms. The van der Waals surface area contributed by atoms with Crippen molar-refractivity contribution in [1.82, 2.24) is 5.32 Å². The normalized spacial score (nSPS) is 20.3. The van der Waals surface area contributed by atoms with Crippen molar-refractivity contribution in [3.05, 3.63) is 86.4 Å². The van der Waals surface area contributed by atoms with Gasteiger partial charge in [0.2, 0.25) is 0 Å². The maximum Gasteiger partial charge on any atom is 0.337 e. The van der Waals surface area contributed by atoms with Crippen molar-refractivity contribution in [1.29, 1.82) is 0 Å². The molecule has 0 fully saturated rings. The molecule has 0 amide bonds. The van der Waals surface area contributed by atoms with Crippen LogP contribution in [0.5, 0.6) is 5.75 Å². The van der Waals surface area contributed by atoms with E-state index in [0.717, 1.165) is 17.0 Å². The maximum atomic E-state index is 14.0. The van der Waals surface area contributed by atoms with Crippen LogP contribution in [0.15, 0.2) is 69.5 Å². The largest absolute Gasteiger partial charge is 0.496 e. The highest BCUT2D eigenvalue weighted by atomic mass is 79.9. The molecule has 0 bridgehead atoms. The Hall–Kier alpha value is -2.93. The third-order valence-electron chi connectivity index (χ3n) is 6.25. The van der Waals surface area contributed by atoms with Crippen LogP contribution in [-0.2, 0) is 14.3 Å². The Morgan fingerprint density at radius 2 is 1.91 bits per heavy atom. The summed E-state index contributed by atoms with van der Waals surface area (Å²) in [4.78, 5) is 26.8. The lowest BCUT2D eigenvalue weighted by Gasteiger charge is -2.37. The van der Waals surface area contributed by atoms with Gasteiger partial charge in [-0.05, 0) is 72.4 Å². The fraction of sp³-hybridized carbons (Fsp3) is 0.333. The predicted octanol–water partition coefficient (Wildman–Crippen LogP) is 5.91. The second-order valence-electron chi connectivity index (χ2n) is 8.89. The zero-order valence-corrected chi connectivity index (χ0v) is 21.2. The van der Waals surface area contributed by atoms with Gasteiger partial charge < -0.3 is 14.8 Å². The number of hydrogen-bond acceptors (Lipinski definition) is 5. The number of carbonyl (C=O) groups excluding carboxylic acids is 2. The summed E-state index contributed by atoms with van der Waals surface area (Å²) in [6, 6.07) is 12.3. The lowest BCUT2D eigenvalue weighted by atomic mass is 9.71. The zero-order chi connectivity index (χ0) is 24.6.